The molecule has 1 rings (SSSR count). The highest BCUT2D eigenvalue weighted by Crippen LogP contribution is 2.25. The third-order valence-electron chi connectivity index (χ3n) is 2.74. The number of carbonyl (C=O) groups is 3. The lowest BCUT2D eigenvalue weighted by Gasteiger charge is -2.12. The number of carbonyl (C=O) groups excluding carboxylic acids is 3. The first-order valence-electron chi connectivity index (χ1n) is 7.20. The molecule has 0 fully saturated rings. The van der Waals surface area contributed by atoms with Gasteiger partial charge in [0.2, 0.25) is 0 Å². The second kappa shape index (κ2) is 9.75. The van der Waals surface area contributed by atoms with E-state index in [1.165, 1.54) is 36.5 Å². The van der Waals surface area contributed by atoms with Gasteiger partial charge in [-0.05, 0) is 19.1 Å². The van der Waals surface area contributed by atoms with E-state index in [0.717, 1.165) is 11.8 Å². The molecule has 1 aromatic rings. The molecule has 1 atom stereocenters. The highest BCUT2D eigenvalue weighted by atomic mass is 32.2. The molecule has 27 heavy (non-hydrogen) atoms. The molecule has 0 saturated carbocycles. The van der Waals surface area contributed by atoms with Crippen molar-refractivity contribution in [3.63, 3.8) is 0 Å². The third kappa shape index (κ3) is 8.89. The fraction of sp³-hybridized carbons (Fsp3) is 0.357. The maximum atomic E-state index is 11.9. The summed E-state index contributed by atoms with van der Waals surface area (Å²) in [5.41, 5.74) is -0.116. The fourth-order valence-electron chi connectivity index (χ4n) is 1.54. The topological polar surface area (TPSA) is 128 Å². The summed E-state index contributed by atoms with van der Waals surface area (Å²) < 4.78 is 40.4. The number of thioether (sulfide) groups is 1. The number of alkyl halides is 3. The normalized spacial score (nSPS) is 12.0. The molecular weight excluding hydrogens is 395 g/mol. The third-order valence-corrected chi connectivity index (χ3v) is 3.83. The van der Waals surface area contributed by atoms with Gasteiger partial charge in [0.25, 0.3) is 11.6 Å². The molecule has 148 valence electrons. The van der Waals surface area contributed by atoms with Crippen LogP contribution in [-0.2, 0) is 14.3 Å². The molecular formula is C14H14F3N3O6S. The van der Waals surface area contributed by atoms with E-state index in [4.69, 9.17) is 0 Å². The van der Waals surface area contributed by atoms with Gasteiger partial charge in [0, 0.05) is 17.0 Å². The minimum absolute atomic E-state index is 0.116. The van der Waals surface area contributed by atoms with Crippen LogP contribution in [0.25, 0.3) is 0 Å². The minimum Gasteiger partial charge on any atom is -0.455 e. The van der Waals surface area contributed by atoms with Crippen molar-refractivity contribution >= 4 is 35.4 Å². The molecule has 2 N–H and O–H groups in total. The minimum atomic E-state index is -4.63. The average molecular weight is 409 g/mol. The van der Waals surface area contributed by atoms with Crippen LogP contribution < -0.4 is 10.6 Å². The van der Waals surface area contributed by atoms with E-state index >= 15 is 0 Å². The second-order valence-electron chi connectivity index (χ2n) is 4.96. The molecule has 0 radical (unpaired) electrons. The summed E-state index contributed by atoms with van der Waals surface area (Å²) in [5, 5.41) is 12.8. The van der Waals surface area contributed by atoms with Crippen LogP contribution in [0, 0.1) is 10.1 Å². The Morgan fingerprint density at radius 2 is 1.85 bits per heavy atom. The van der Waals surface area contributed by atoms with Crippen molar-refractivity contribution in [3.05, 3.63) is 34.4 Å². The monoisotopic (exact) mass is 409 g/mol. The van der Waals surface area contributed by atoms with Crippen LogP contribution in [0.4, 0.5) is 23.7 Å². The van der Waals surface area contributed by atoms with E-state index < -0.39 is 47.4 Å². The van der Waals surface area contributed by atoms with E-state index in [2.05, 4.69) is 4.74 Å². The van der Waals surface area contributed by atoms with Gasteiger partial charge in [0.15, 0.2) is 6.61 Å². The summed E-state index contributed by atoms with van der Waals surface area (Å²) >= 11 is 1.02. The summed E-state index contributed by atoms with van der Waals surface area (Å²) in [7, 11) is 0. The molecule has 1 aromatic carbocycles. The number of hydrogen-bond acceptors (Lipinski definition) is 7. The number of ether oxygens (including phenoxy) is 1. The number of rotatable bonds is 7. The Balaban J connectivity index is 2.39. The molecule has 13 heteroatoms. The van der Waals surface area contributed by atoms with Crippen molar-refractivity contribution in [3.8, 4) is 0 Å². The standard InChI is InChI=1S/C14H14F3N3O6S/c1-8(27-10-4-2-9(3-5-10)20(24)25)12(22)26-6-11(21)19-13(23)18-7-14(15,16)17/h2-5,8H,6-7H2,1H3,(H2,18,19,21,23)/t8-/m1/s1. The predicted octanol–water partition coefficient (Wildman–Crippen LogP) is 2.01. The molecule has 0 aromatic heterocycles. The molecule has 0 aliphatic heterocycles. The first-order valence-corrected chi connectivity index (χ1v) is 8.08. The van der Waals surface area contributed by atoms with Crippen molar-refractivity contribution in [2.24, 2.45) is 0 Å². The average Bonchev–Trinajstić information content (AvgIpc) is 2.57. The van der Waals surface area contributed by atoms with E-state index in [1.54, 1.807) is 5.32 Å². The van der Waals surface area contributed by atoms with Crippen LogP contribution >= 0.6 is 11.8 Å². The number of nitro groups is 1. The Morgan fingerprint density at radius 3 is 2.37 bits per heavy atom. The number of nitrogens with zero attached hydrogens (tertiary/aromatic N) is 1. The van der Waals surface area contributed by atoms with Gasteiger partial charge < -0.3 is 10.1 Å². The summed E-state index contributed by atoms with van der Waals surface area (Å²) in [6.45, 7) is -1.01. The Bertz CT molecular complexity index is 711. The van der Waals surface area contributed by atoms with Crippen molar-refractivity contribution in [2.75, 3.05) is 13.2 Å². The molecule has 0 saturated heterocycles. The second-order valence-corrected chi connectivity index (χ2v) is 6.38. The summed E-state index contributed by atoms with van der Waals surface area (Å²) in [6, 6.07) is 4.01. The van der Waals surface area contributed by atoms with Crippen LogP contribution in [0.1, 0.15) is 6.92 Å². The number of nitrogens with one attached hydrogen (secondary N) is 2. The van der Waals surface area contributed by atoms with Crippen molar-refractivity contribution < 1.29 is 37.2 Å². The summed E-state index contributed by atoms with van der Waals surface area (Å²) in [5.74, 6) is -1.92. The highest BCUT2D eigenvalue weighted by Gasteiger charge is 2.28. The Hall–Kier alpha value is -2.83. The number of hydrogen-bond donors (Lipinski definition) is 2. The smallest absolute Gasteiger partial charge is 0.405 e. The number of esters is 1. The molecule has 0 heterocycles. The number of non-ortho nitro benzene ring substituents is 1. The number of nitro benzene ring substituents is 1. The van der Waals surface area contributed by atoms with Crippen LogP contribution in [0.5, 0.6) is 0 Å². The van der Waals surface area contributed by atoms with E-state index in [-0.39, 0.29) is 5.69 Å². The van der Waals surface area contributed by atoms with E-state index in [1.807, 2.05) is 0 Å². The van der Waals surface area contributed by atoms with Crippen LogP contribution in [0.3, 0.4) is 0 Å². The Morgan fingerprint density at radius 1 is 1.26 bits per heavy atom. The number of benzene rings is 1. The molecule has 0 spiro atoms. The molecule has 0 aliphatic carbocycles. The Kier molecular flexibility index (Phi) is 8.02. The van der Waals surface area contributed by atoms with Crippen molar-refractivity contribution in [2.45, 2.75) is 23.2 Å². The predicted molar refractivity (Wildman–Crippen MR) is 87.0 cm³/mol. The van der Waals surface area contributed by atoms with Crippen LogP contribution in [0.15, 0.2) is 29.2 Å². The van der Waals surface area contributed by atoms with Gasteiger partial charge in [-0.2, -0.15) is 13.2 Å². The quantitative estimate of drug-likeness (QED) is 0.305. The zero-order chi connectivity index (χ0) is 20.6. The zero-order valence-electron chi connectivity index (χ0n) is 13.7. The zero-order valence-corrected chi connectivity index (χ0v) is 14.6. The number of amides is 3. The maximum Gasteiger partial charge on any atom is 0.405 e. The van der Waals surface area contributed by atoms with Gasteiger partial charge >= 0.3 is 18.2 Å². The van der Waals surface area contributed by atoms with Crippen LogP contribution in [-0.4, -0.2) is 47.4 Å². The molecule has 9 nitrogen and oxygen atoms in total. The van der Waals surface area contributed by atoms with Crippen LogP contribution in [0.2, 0.25) is 0 Å². The fourth-order valence-corrected chi connectivity index (χ4v) is 2.41. The first kappa shape index (κ1) is 22.2. The van der Waals surface area contributed by atoms with Crippen molar-refractivity contribution in [1.29, 1.82) is 0 Å². The SMILES string of the molecule is C[C@@H](Sc1ccc([N+](=O)[O-])cc1)C(=O)OCC(=O)NC(=O)NCC(F)(F)F. The lowest BCUT2D eigenvalue weighted by Crippen LogP contribution is -2.44. The molecule has 3 amide bonds. The summed E-state index contributed by atoms with van der Waals surface area (Å²) in [6.07, 6.45) is -4.63. The van der Waals surface area contributed by atoms with Gasteiger partial charge in [-0.25, -0.2) is 4.79 Å². The molecule has 0 unspecified atom stereocenters. The van der Waals surface area contributed by atoms with Gasteiger partial charge in [0.1, 0.15) is 11.8 Å². The largest absolute Gasteiger partial charge is 0.455 e. The maximum absolute atomic E-state index is 11.9. The number of imide groups is 1. The highest BCUT2D eigenvalue weighted by molar-refractivity contribution is 8.00. The number of urea groups is 1. The van der Waals surface area contributed by atoms with Crippen molar-refractivity contribution in [1.82, 2.24) is 10.6 Å². The van der Waals surface area contributed by atoms with Gasteiger partial charge in [-0.1, -0.05) is 0 Å². The van der Waals surface area contributed by atoms with Gasteiger partial charge in [0.05, 0.1) is 4.92 Å². The van der Waals surface area contributed by atoms with E-state index in [0.29, 0.717) is 4.90 Å². The first-order chi connectivity index (χ1) is 12.5. The lowest BCUT2D eigenvalue weighted by atomic mass is 10.3. The summed E-state index contributed by atoms with van der Waals surface area (Å²) in [4.78, 5) is 44.7. The number of halogens is 3. The van der Waals surface area contributed by atoms with Gasteiger partial charge in [-0.15, -0.1) is 11.8 Å². The van der Waals surface area contributed by atoms with Gasteiger partial charge in [-0.3, -0.25) is 25.0 Å². The van der Waals surface area contributed by atoms with E-state index in [9.17, 15) is 37.7 Å². The molecule has 0 bridgehead atoms. The Labute approximate surface area is 154 Å². The lowest BCUT2D eigenvalue weighted by molar-refractivity contribution is -0.384. The molecule has 0 aliphatic rings.